The number of aliphatic carboxylic acids is 1. The highest BCUT2D eigenvalue weighted by Gasteiger charge is 2.31. The van der Waals surface area contributed by atoms with Crippen molar-refractivity contribution < 1.29 is 29.0 Å². The second kappa shape index (κ2) is 12.1. The van der Waals surface area contributed by atoms with Gasteiger partial charge in [0.05, 0.1) is 19.4 Å². The van der Waals surface area contributed by atoms with Gasteiger partial charge in [0, 0.05) is 19.6 Å². The average Bonchev–Trinajstić information content (AvgIpc) is 2.62. The Hall–Kier alpha value is -2.42. The maximum atomic E-state index is 12.4. The van der Waals surface area contributed by atoms with Gasteiger partial charge < -0.3 is 20.1 Å². The minimum absolute atomic E-state index is 0.000140. The second-order valence-electron chi connectivity index (χ2n) is 6.79. The lowest BCUT2D eigenvalue weighted by Crippen LogP contribution is -2.57. The molecule has 1 fully saturated rings. The zero-order chi connectivity index (χ0) is 21.1. The summed E-state index contributed by atoms with van der Waals surface area (Å²) in [5, 5.41) is 11.5. The molecule has 1 aliphatic rings. The number of carbonyl (C=O) groups excluding carboxylic acids is 3. The smallest absolute Gasteiger partial charge is 0.309 e. The van der Waals surface area contributed by atoms with Crippen molar-refractivity contribution in [2.75, 3.05) is 33.2 Å². The molecule has 2 unspecified atom stereocenters. The third kappa shape index (κ3) is 8.08. The molecule has 1 rings (SSSR count). The van der Waals surface area contributed by atoms with Crippen molar-refractivity contribution in [3.8, 4) is 0 Å². The Kier molecular flexibility index (Phi) is 10.2. The van der Waals surface area contributed by atoms with E-state index in [1.54, 1.807) is 24.0 Å². The zero-order valence-corrected chi connectivity index (χ0v) is 16.8. The molecule has 1 aliphatic heterocycles. The van der Waals surface area contributed by atoms with E-state index in [0.717, 1.165) is 6.54 Å². The quantitative estimate of drug-likeness (QED) is 0.383. The van der Waals surface area contributed by atoms with Crippen molar-refractivity contribution in [3.63, 3.8) is 0 Å². The summed E-state index contributed by atoms with van der Waals surface area (Å²) in [7, 11) is 1.87. The second-order valence-corrected chi connectivity index (χ2v) is 6.79. The van der Waals surface area contributed by atoms with Crippen molar-refractivity contribution in [3.05, 3.63) is 12.2 Å². The molecule has 0 bridgehead atoms. The van der Waals surface area contributed by atoms with Crippen LogP contribution in [-0.2, 0) is 23.9 Å². The highest BCUT2D eigenvalue weighted by molar-refractivity contribution is 5.88. The van der Waals surface area contributed by atoms with Gasteiger partial charge in [-0.3, -0.25) is 24.1 Å². The van der Waals surface area contributed by atoms with E-state index in [1.165, 1.54) is 0 Å². The molecule has 28 heavy (non-hydrogen) atoms. The minimum Gasteiger partial charge on any atom is -0.481 e. The van der Waals surface area contributed by atoms with Crippen LogP contribution < -0.4 is 5.32 Å². The molecule has 0 saturated carbocycles. The maximum Gasteiger partial charge on any atom is 0.309 e. The highest BCUT2D eigenvalue weighted by atomic mass is 16.5. The lowest BCUT2D eigenvalue weighted by molar-refractivity contribution is -0.152. The van der Waals surface area contributed by atoms with Crippen LogP contribution in [0.4, 0.5) is 0 Å². The first-order valence-corrected chi connectivity index (χ1v) is 9.60. The molecule has 1 heterocycles. The number of piperazine rings is 1. The maximum absolute atomic E-state index is 12.4. The highest BCUT2D eigenvalue weighted by Crippen LogP contribution is 2.10. The molecule has 2 amide bonds. The van der Waals surface area contributed by atoms with Gasteiger partial charge in [0.25, 0.3) is 0 Å². The predicted octanol–water partition coefficient (Wildman–Crippen LogP) is 0.398. The zero-order valence-electron chi connectivity index (χ0n) is 16.8. The van der Waals surface area contributed by atoms with E-state index in [1.807, 2.05) is 18.9 Å². The van der Waals surface area contributed by atoms with E-state index < -0.39 is 24.1 Å². The van der Waals surface area contributed by atoms with Gasteiger partial charge in [-0.05, 0) is 19.9 Å². The summed E-state index contributed by atoms with van der Waals surface area (Å²) < 4.78 is 5.09. The molecule has 0 spiro atoms. The molecule has 158 valence electrons. The number of nitrogens with zero attached hydrogens (tertiary/aromatic N) is 2. The Morgan fingerprint density at radius 1 is 1.21 bits per heavy atom. The fourth-order valence-electron chi connectivity index (χ4n) is 2.92. The Labute approximate surface area is 165 Å². The van der Waals surface area contributed by atoms with Crippen molar-refractivity contribution in [2.24, 2.45) is 0 Å². The summed E-state index contributed by atoms with van der Waals surface area (Å²) in [6, 6.07) is -0.499. The number of likely N-dealkylation sites (N-methyl/N-ethyl adjacent to an activating group) is 1. The van der Waals surface area contributed by atoms with E-state index in [9.17, 15) is 19.2 Å². The Bertz CT molecular complexity index is 592. The van der Waals surface area contributed by atoms with Crippen LogP contribution >= 0.6 is 0 Å². The Balaban J connectivity index is 2.38. The van der Waals surface area contributed by atoms with Crippen LogP contribution in [-0.4, -0.2) is 84.0 Å². The van der Waals surface area contributed by atoms with Crippen LogP contribution in [0, 0.1) is 0 Å². The number of carbonyl (C=O) groups is 4. The SMILES string of the molecule is CCC(CC(=O)O)OC(=O)C/C=C/CNC(=O)C(CC)N1CCN(C)CC1=O. The van der Waals surface area contributed by atoms with Crippen molar-refractivity contribution in [2.45, 2.75) is 51.7 Å². The molecule has 2 atom stereocenters. The first-order valence-electron chi connectivity index (χ1n) is 9.60. The summed E-state index contributed by atoms with van der Waals surface area (Å²) >= 11 is 0. The van der Waals surface area contributed by atoms with Gasteiger partial charge in [0.15, 0.2) is 0 Å². The molecule has 9 heteroatoms. The van der Waals surface area contributed by atoms with Crippen molar-refractivity contribution in [1.29, 1.82) is 0 Å². The summed E-state index contributed by atoms with van der Waals surface area (Å²) in [5.41, 5.74) is 0. The van der Waals surface area contributed by atoms with Crippen LogP contribution in [0.25, 0.3) is 0 Å². The number of ether oxygens (including phenoxy) is 1. The van der Waals surface area contributed by atoms with Gasteiger partial charge >= 0.3 is 11.9 Å². The van der Waals surface area contributed by atoms with Gasteiger partial charge in [-0.15, -0.1) is 0 Å². The largest absolute Gasteiger partial charge is 0.481 e. The van der Waals surface area contributed by atoms with Crippen LogP contribution in [0.2, 0.25) is 0 Å². The minimum atomic E-state index is -1.01. The number of amides is 2. The van der Waals surface area contributed by atoms with E-state index in [-0.39, 0.29) is 31.2 Å². The summed E-state index contributed by atoms with van der Waals surface area (Å²) in [4.78, 5) is 50.4. The predicted molar refractivity (Wildman–Crippen MR) is 102 cm³/mol. The summed E-state index contributed by atoms with van der Waals surface area (Å²) in [6.07, 6.45) is 3.31. The van der Waals surface area contributed by atoms with E-state index >= 15 is 0 Å². The molecule has 0 radical (unpaired) electrons. The lowest BCUT2D eigenvalue weighted by atomic mass is 10.1. The molecular formula is C19H31N3O6. The number of nitrogens with one attached hydrogen (secondary N) is 1. The fraction of sp³-hybridized carbons (Fsp3) is 0.684. The number of rotatable bonds is 11. The van der Waals surface area contributed by atoms with E-state index in [4.69, 9.17) is 9.84 Å². The molecule has 2 N–H and O–H groups in total. The molecule has 0 aromatic carbocycles. The monoisotopic (exact) mass is 397 g/mol. The lowest BCUT2D eigenvalue weighted by Gasteiger charge is -2.36. The van der Waals surface area contributed by atoms with Gasteiger partial charge in [-0.1, -0.05) is 26.0 Å². The van der Waals surface area contributed by atoms with E-state index in [0.29, 0.717) is 25.9 Å². The Morgan fingerprint density at radius 2 is 1.93 bits per heavy atom. The van der Waals surface area contributed by atoms with Crippen molar-refractivity contribution >= 4 is 23.8 Å². The number of hydrogen-bond donors (Lipinski definition) is 2. The molecular weight excluding hydrogens is 366 g/mol. The molecule has 0 aromatic rings. The van der Waals surface area contributed by atoms with E-state index in [2.05, 4.69) is 5.32 Å². The summed E-state index contributed by atoms with van der Waals surface area (Å²) in [6.45, 7) is 5.42. The van der Waals surface area contributed by atoms with Crippen LogP contribution in [0.3, 0.4) is 0 Å². The van der Waals surface area contributed by atoms with Gasteiger partial charge in [0.2, 0.25) is 11.8 Å². The third-order valence-electron chi connectivity index (χ3n) is 4.51. The normalized spacial score (nSPS) is 17.4. The third-order valence-corrected chi connectivity index (χ3v) is 4.51. The Morgan fingerprint density at radius 3 is 2.50 bits per heavy atom. The first kappa shape index (κ1) is 23.6. The molecule has 1 saturated heterocycles. The van der Waals surface area contributed by atoms with Crippen LogP contribution in [0.15, 0.2) is 12.2 Å². The van der Waals surface area contributed by atoms with Gasteiger partial charge in [-0.25, -0.2) is 0 Å². The fourth-order valence-corrected chi connectivity index (χ4v) is 2.92. The van der Waals surface area contributed by atoms with Crippen molar-refractivity contribution in [1.82, 2.24) is 15.1 Å². The topological polar surface area (TPSA) is 116 Å². The molecule has 9 nitrogen and oxygen atoms in total. The molecule has 0 aromatic heterocycles. The number of carboxylic acid groups (broad SMARTS) is 1. The first-order chi connectivity index (χ1) is 13.3. The number of hydrogen-bond acceptors (Lipinski definition) is 6. The van der Waals surface area contributed by atoms with Gasteiger partial charge in [-0.2, -0.15) is 0 Å². The van der Waals surface area contributed by atoms with Gasteiger partial charge in [0.1, 0.15) is 12.1 Å². The van der Waals surface area contributed by atoms with Crippen LogP contribution in [0.1, 0.15) is 39.5 Å². The summed E-state index contributed by atoms with van der Waals surface area (Å²) in [5.74, 6) is -1.80. The number of carboxylic acids is 1. The average molecular weight is 397 g/mol. The van der Waals surface area contributed by atoms with Crippen LogP contribution in [0.5, 0.6) is 0 Å². The number of esters is 1. The molecule has 0 aliphatic carbocycles. The standard InChI is InChI=1S/C19H31N3O6/c1-4-14(12-17(24)25)28-18(26)8-6-7-9-20-19(27)15(5-2)22-11-10-21(3)13-16(22)23/h6-7,14-15H,4-5,8-13H2,1-3H3,(H,20,27)(H,24,25)/b7-6+.